The molecule has 1 aromatic heterocycles. The molecule has 3 N–H and O–H groups in total. The van der Waals surface area contributed by atoms with E-state index in [1.165, 1.54) is 18.6 Å². The van der Waals surface area contributed by atoms with Crippen LogP contribution in [0.25, 0.3) is 0 Å². The minimum Gasteiger partial charge on any atom is -0.271 e. The lowest BCUT2D eigenvalue weighted by molar-refractivity contribution is 0.511. The molecule has 2 atom stereocenters. The van der Waals surface area contributed by atoms with Crippen molar-refractivity contribution in [2.45, 2.75) is 24.1 Å². The van der Waals surface area contributed by atoms with Crippen molar-refractivity contribution in [3.05, 3.63) is 16.6 Å². The molecule has 0 aromatic carbocycles. The molecular formula is C8H13N3S2. The van der Waals surface area contributed by atoms with Crippen LogP contribution in [0.1, 0.15) is 24.6 Å². The first-order chi connectivity index (χ1) is 6.42. The predicted molar refractivity (Wildman–Crippen MR) is 57.7 cm³/mol. The third kappa shape index (κ3) is 2.04. The van der Waals surface area contributed by atoms with Gasteiger partial charge in [0.25, 0.3) is 0 Å². The lowest BCUT2D eigenvalue weighted by atomic mass is 10.1. The van der Waals surface area contributed by atoms with E-state index < -0.39 is 0 Å². The molecule has 0 aliphatic carbocycles. The maximum atomic E-state index is 5.55. The van der Waals surface area contributed by atoms with Crippen molar-refractivity contribution in [2.24, 2.45) is 5.84 Å². The normalized spacial score (nSPS) is 24.8. The minimum atomic E-state index is 0.235. The van der Waals surface area contributed by atoms with E-state index >= 15 is 0 Å². The average Bonchev–Trinajstić information content (AvgIpc) is 2.76. The summed E-state index contributed by atoms with van der Waals surface area (Å²) in [5.74, 6) is 6.80. The number of aromatic nitrogens is 1. The topological polar surface area (TPSA) is 50.9 Å². The maximum Gasteiger partial charge on any atom is 0.0795 e. The largest absolute Gasteiger partial charge is 0.271 e. The second-order valence-corrected chi connectivity index (χ2v) is 5.17. The number of hydrogen-bond donors (Lipinski definition) is 2. The Morgan fingerprint density at radius 1 is 1.69 bits per heavy atom. The predicted octanol–water partition coefficient (Wildman–Crippen LogP) is 1.54. The van der Waals surface area contributed by atoms with Gasteiger partial charge < -0.3 is 0 Å². The molecule has 0 amide bonds. The van der Waals surface area contributed by atoms with Crippen LogP contribution in [-0.2, 0) is 0 Å². The van der Waals surface area contributed by atoms with Crippen LogP contribution in [0.3, 0.4) is 0 Å². The fraction of sp³-hybridized carbons (Fsp3) is 0.625. The van der Waals surface area contributed by atoms with Gasteiger partial charge >= 0.3 is 0 Å². The van der Waals surface area contributed by atoms with E-state index in [4.69, 9.17) is 5.84 Å². The Morgan fingerprint density at radius 3 is 3.15 bits per heavy atom. The Labute approximate surface area is 86.1 Å². The van der Waals surface area contributed by atoms with Crippen molar-refractivity contribution < 1.29 is 0 Å². The zero-order chi connectivity index (χ0) is 9.10. The SMILES string of the molecule is NNC(c1cscn1)C1CCCS1. The highest BCUT2D eigenvalue weighted by Crippen LogP contribution is 2.35. The number of nitrogens with two attached hydrogens (primary N) is 1. The van der Waals surface area contributed by atoms with E-state index in [2.05, 4.69) is 15.8 Å². The number of nitrogens with one attached hydrogen (secondary N) is 1. The van der Waals surface area contributed by atoms with Crippen LogP contribution < -0.4 is 11.3 Å². The van der Waals surface area contributed by atoms with Crippen molar-refractivity contribution in [1.29, 1.82) is 0 Å². The molecule has 0 radical (unpaired) electrons. The quantitative estimate of drug-likeness (QED) is 0.593. The first kappa shape index (κ1) is 9.45. The summed E-state index contributed by atoms with van der Waals surface area (Å²) >= 11 is 3.62. The van der Waals surface area contributed by atoms with E-state index in [0.717, 1.165) is 5.69 Å². The second kappa shape index (κ2) is 4.41. The average molecular weight is 215 g/mol. The number of nitrogens with zero attached hydrogens (tertiary/aromatic N) is 1. The van der Waals surface area contributed by atoms with Crippen molar-refractivity contribution in [3.8, 4) is 0 Å². The Kier molecular flexibility index (Phi) is 3.21. The van der Waals surface area contributed by atoms with Crippen molar-refractivity contribution >= 4 is 23.1 Å². The zero-order valence-electron chi connectivity index (χ0n) is 7.27. The Bertz CT molecular complexity index is 244. The van der Waals surface area contributed by atoms with Gasteiger partial charge in [0, 0.05) is 10.6 Å². The van der Waals surface area contributed by atoms with Crippen LogP contribution in [0, 0.1) is 0 Å². The standard InChI is InChI=1S/C8H13N3S2/c9-11-8(6-4-12-5-10-6)7-2-1-3-13-7/h4-5,7-8,11H,1-3,9H2. The smallest absolute Gasteiger partial charge is 0.0795 e. The van der Waals surface area contributed by atoms with Gasteiger partial charge in [-0.1, -0.05) is 0 Å². The first-order valence-corrected chi connectivity index (χ1v) is 6.37. The van der Waals surface area contributed by atoms with Crippen molar-refractivity contribution in [1.82, 2.24) is 10.4 Å². The molecule has 0 spiro atoms. The van der Waals surface area contributed by atoms with Gasteiger partial charge in [-0.25, -0.2) is 4.98 Å². The molecule has 2 rings (SSSR count). The van der Waals surface area contributed by atoms with Gasteiger partial charge in [-0.15, -0.1) is 11.3 Å². The van der Waals surface area contributed by atoms with E-state index in [0.29, 0.717) is 5.25 Å². The summed E-state index contributed by atoms with van der Waals surface area (Å²) < 4.78 is 0. The molecule has 1 aliphatic rings. The van der Waals surface area contributed by atoms with E-state index in [-0.39, 0.29) is 6.04 Å². The number of thioether (sulfide) groups is 1. The molecule has 1 fully saturated rings. The highest BCUT2D eigenvalue weighted by Gasteiger charge is 2.27. The molecule has 1 aliphatic heterocycles. The van der Waals surface area contributed by atoms with Gasteiger partial charge in [-0.05, 0) is 18.6 Å². The highest BCUT2D eigenvalue weighted by molar-refractivity contribution is 8.00. The van der Waals surface area contributed by atoms with Gasteiger partial charge in [0.05, 0.1) is 17.2 Å². The zero-order valence-corrected chi connectivity index (χ0v) is 8.90. The number of thiazole rings is 1. The van der Waals surface area contributed by atoms with Gasteiger partial charge in [-0.2, -0.15) is 11.8 Å². The molecule has 5 heteroatoms. The van der Waals surface area contributed by atoms with E-state index in [1.54, 1.807) is 11.3 Å². The number of hydrogen-bond acceptors (Lipinski definition) is 5. The first-order valence-electron chi connectivity index (χ1n) is 4.37. The summed E-state index contributed by atoms with van der Waals surface area (Å²) in [5.41, 5.74) is 5.82. The highest BCUT2D eigenvalue weighted by atomic mass is 32.2. The molecule has 0 bridgehead atoms. The number of rotatable bonds is 3. The third-order valence-electron chi connectivity index (χ3n) is 2.29. The van der Waals surface area contributed by atoms with Crippen LogP contribution in [0.15, 0.2) is 10.9 Å². The lowest BCUT2D eigenvalue weighted by Crippen LogP contribution is -2.34. The molecule has 13 heavy (non-hydrogen) atoms. The third-order valence-corrected chi connectivity index (χ3v) is 4.35. The number of hydrazine groups is 1. The van der Waals surface area contributed by atoms with Gasteiger partial charge in [0.1, 0.15) is 0 Å². The molecular weight excluding hydrogens is 202 g/mol. The maximum absolute atomic E-state index is 5.55. The summed E-state index contributed by atoms with van der Waals surface area (Å²) in [5, 5.41) is 2.68. The molecule has 72 valence electrons. The summed E-state index contributed by atoms with van der Waals surface area (Å²) in [6, 6.07) is 0.235. The molecule has 2 heterocycles. The summed E-state index contributed by atoms with van der Waals surface area (Å²) in [7, 11) is 0. The minimum absolute atomic E-state index is 0.235. The van der Waals surface area contributed by atoms with Crippen molar-refractivity contribution in [2.75, 3.05) is 5.75 Å². The molecule has 0 saturated carbocycles. The monoisotopic (exact) mass is 215 g/mol. The van der Waals surface area contributed by atoms with Crippen LogP contribution in [-0.4, -0.2) is 16.0 Å². The Hall–Kier alpha value is -0.100. The molecule has 2 unspecified atom stereocenters. The summed E-state index contributed by atoms with van der Waals surface area (Å²) in [6.07, 6.45) is 2.55. The summed E-state index contributed by atoms with van der Waals surface area (Å²) in [6.45, 7) is 0. The van der Waals surface area contributed by atoms with E-state index in [9.17, 15) is 0 Å². The van der Waals surface area contributed by atoms with Crippen LogP contribution in [0.4, 0.5) is 0 Å². The Morgan fingerprint density at radius 2 is 2.62 bits per heavy atom. The van der Waals surface area contributed by atoms with Crippen LogP contribution in [0.2, 0.25) is 0 Å². The second-order valence-electron chi connectivity index (χ2n) is 3.11. The van der Waals surface area contributed by atoms with Crippen LogP contribution in [0.5, 0.6) is 0 Å². The van der Waals surface area contributed by atoms with Gasteiger partial charge in [0.15, 0.2) is 0 Å². The van der Waals surface area contributed by atoms with Gasteiger partial charge in [-0.3, -0.25) is 11.3 Å². The Balaban J connectivity index is 2.08. The molecule has 3 nitrogen and oxygen atoms in total. The van der Waals surface area contributed by atoms with Crippen LogP contribution >= 0.6 is 23.1 Å². The van der Waals surface area contributed by atoms with Gasteiger partial charge in [0.2, 0.25) is 0 Å². The summed E-state index contributed by atoms with van der Waals surface area (Å²) in [4.78, 5) is 4.29. The fourth-order valence-corrected chi connectivity index (χ4v) is 3.59. The van der Waals surface area contributed by atoms with E-state index in [1.807, 2.05) is 17.3 Å². The lowest BCUT2D eigenvalue weighted by Gasteiger charge is -2.19. The van der Waals surface area contributed by atoms with Crippen molar-refractivity contribution in [3.63, 3.8) is 0 Å². The molecule has 1 saturated heterocycles. The molecule has 1 aromatic rings. The fourth-order valence-electron chi connectivity index (χ4n) is 1.62.